The molecule has 10 heteroatoms. The van der Waals surface area contributed by atoms with Crippen molar-refractivity contribution in [3.8, 4) is 5.75 Å². The molecule has 0 aromatic heterocycles. The minimum Gasteiger partial charge on any atom is -0.497 e. The summed E-state index contributed by atoms with van der Waals surface area (Å²) in [6.07, 6.45) is 1.89. The summed E-state index contributed by atoms with van der Waals surface area (Å²) < 4.78 is 33.3. The molecule has 36 heavy (non-hydrogen) atoms. The highest BCUT2D eigenvalue weighted by Gasteiger charge is 2.28. The fourth-order valence-electron chi connectivity index (χ4n) is 4.01. The number of benzene rings is 3. The zero-order valence-corrected chi connectivity index (χ0v) is 21.3. The lowest BCUT2D eigenvalue weighted by atomic mass is 10.1. The number of likely N-dealkylation sites (tertiary alicyclic amines) is 1. The highest BCUT2D eigenvalue weighted by atomic mass is 35.5. The van der Waals surface area contributed by atoms with Gasteiger partial charge >= 0.3 is 0 Å². The van der Waals surface area contributed by atoms with Crippen LogP contribution in [0.4, 0.5) is 11.4 Å². The molecular weight excluding hydrogens is 502 g/mol. The van der Waals surface area contributed by atoms with E-state index < -0.39 is 22.5 Å². The molecule has 1 aliphatic heterocycles. The number of hydrogen-bond donors (Lipinski definition) is 1. The van der Waals surface area contributed by atoms with Crippen molar-refractivity contribution in [2.24, 2.45) is 0 Å². The van der Waals surface area contributed by atoms with Gasteiger partial charge in [-0.15, -0.1) is 0 Å². The van der Waals surface area contributed by atoms with Crippen LogP contribution < -0.4 is 14.4 Å². The number of sulfonamides is 1. The molecule has 2 amide bonds. The molecule has 188 valence electrons. The third-order valence-corrected chi connectivity index (χ3v) is 7.88. The Bertz CT molecular complexity index is 1360. The van der Waals surface area contributed by atoms with Gasteiger partial charge in [-0.25, -0.2) is 8.42 Å². The van der Waals surface area contributed by atoms with Gasteiger partial charge in [0.25, 0.3) is 15.9 Å². The number of ether oxygens (including phenoxy) is 1. The second-order valence-electron chi connectivity index (χ2n) is 8.26. The first-order chi connectivity index (χ1) is 17.3. The summed E-state index contributed by atoms with van der Waals surface area (Å²) in [5.74, 6) is -0.269. The molecule has 3 aromatic rings. The first-order valence-electron chi connectivity index (χ1n) is 11.4. The number of halogens is 1. The molecule has 0 saturated carbocycles. The van der Waals surface area contributed by atoms with Crippen LogP contribution in [0.15, 0.2) is 77.7 Å². The number of carbonyl (C=O) groups is 2. The average molecular weight is 528 g/mol. The zero-order chi connectivity index (χ0) is 25.7. The van der Waals surface area contributed by atoms with Crippen LogP contribution in [0.1, 0.15) is 23.2 Å². The number of methoxy groups -OCH3 is 1. The van der Waals surface area contributed by atoms with Gasteiger partial charge in [0, 0.05) is 18.1 Å². The maximum atomic E-state index is 13.6. The Balaban J connectivity index is 1.62. The maximum Gasteiger partial charge on any atom is 0.264 e. The fourth-order valence-corrected chi connectivity index (χ4v) is 5.61. The third kappa shape index (κ3) is 5.63. The first kappa shape index (κ1) is 25.5. The lowest BCUT2D eigenvalue weighted by Gasteiger charge is -2.25. The lowest BCUT2D eigenvalue weighted by Crippen LogP contribution is -2.38. The summed E-state index contributed by atoms with van der Waals surface area (Å²) in [7, 11) is -2.66. The molecule has 1 heterocycles. The van der Waals surface area contributed by atoms with E-state index in [-0.39, 0.29) is 16.5 Å². The Morgan fingerprint density at radius 3 is 2.36 bits per heavy atom. The standard InChI is InChI=1S/C26H26ClN3O5S/c1-35-21-11-13-22(14-12-21)36(33,34)30(20-8-6-7-19(27)17-20)18-25(31)28-24-10-3-2-9-23(24)26(32)29-15-4-5-16-29/h2-3,6-14,17H,4-5,15-16,18H2,1H3,(H,28,31). The van der Waals surface area contributed by atoms with E-state index in [0.717, 1.165) is 17.1 Å². The van der Waals surface area contributed by atoms with Crippen molar-refractivity contribution >= 4 is 44.8 Å². The highest BCUT2D eigenvalue weighted by Crippen LogP contribution is 2.28. The van der Waals surface area contributed by atoms with Gasteiger partial charge in [-0.05, 0) is 67.4 Å². The summed E-state index contributed by atoms with van der Waals surface area (Å²) in [4.78, 5) is 27.9. The highest BCUT2D eigenvalue weighted by molar-refractivity contribution is 7.92. The van der Waals surface area contributed by atoms with E-state index in [4.69, 9.17) is 16.3 Å². The average Bonchev–Trinajstić information content (AvgIpc) is 3.42. The molecule has 0 spiro atoms. The first-order valence-corrected chi connectivity index (χ1v) is 13.2. The van der Waals surface area contributed by atoms with Crippen molar-refractivity contribution < 1.29 is 22.7 Å². The Labute approximate surface area is 215 Å². The Hall–Kier alpha value is -3.56. The summed E-state index contributed by atoms with van der Waals surface area (Å²) in [6.45, 7) is 0.814. The van der Waals surface area contributed by atoms with E-state index in [9.17, 15) is 18.0 Å². The number of hydrogen-bond acceptors (Lipinski definition) is 5. The normalized spacial score (nSPS) is 13.3. The van der Waals surface area contributed by atoms with Gasteiger partial charge in [0.1, 0.15) is 12.3 Å². The van der Waals surface area contributed by atoms with Crippen LogP contribution in [-0.2, 0) is 14.8 Å². The van der Waals surface area contributed by atoms with Gasteiger partial charge in [-0.1, -0.05) is 29.8 Å². The van der Waals surface area contributed by atoms with Gasteiger partial charge in [-0.3, -0.25) is 13.9 Å². The van der Waals surface area contributed by atoms with Crippen LogP contribution in [0.25, 0.3) is 0 Å². The van der Waals surface area contributed by atoms with E-state index in [0.29, 0.717) is 35.1 Å². The molecule has 1 saturated heterocycles. The number of carbonyl (C=O) groups excluding carboxylic acids is 2. The quantitative estimate of drug-likeness (QED) is 0.468. The summed E-state index contributed by atoms with van der Waals surface area (Å²) in [5.41, 5.74) is 0.919. The van der Waals surface area contributed by atoms with Gasteiger partial charge in [0.15, 0.2) is 0 Å². The number of anilines is 2. The van der Waals surface area contributed by atoms with E-state index in [1.807, 2.05) is 0 Å². The molecule has 0 atom stereocenters. The molecule has 1 N–H and O–H groups in total. The molecule has 8 nitrogen and oxygen atoms in total. The van der Waals surface area contributed by atoms with Crippen molar-refractivity contribution in [3.63, 3.8) is 0 Å². The molecule has 0 unspecified atom stereocenters. The van der Waals surface area contributed by atoms with E-state index >= 15 is 0 Å². The van der Waals surface area contributed by atoms with Crippen molar-refractivity contribution in [1.29, 1.82) is 0 Å². The van der Waals surface area contributed by atoms with Crippen LogP contribution in [0, 0.1) is 0 Å². The van der Waals surface area contributed by atoms with Crippen LogP contribution in [0.5, 0.6) is 5.75 Å². The minimum absolute atomic E-state index is 0.0133. The Morgan fingerprint density at radius 1 is 1.00 bits per heavy atom. The molecular formula is C26H26ClN3O5S. The summed E-state index contributed by atoms with van der Waals surface area (Å²) >= 11 is 6.13. The van der Waals surface area contributed by atoms with Gasteiger partial charge < -0.3 is 15.0 Å². The molecule has 3 aromatic carbocycles. The van der Waals surface area contributed by atoms with Crippen molar-refractivity contribution in [3.05, 3.63) is 83.4 Å². The molecule has 0 aliphatic carbocycles. The van der Waals surface area contributed by atoms with Gasteiger partial charge in [0.2, 0.25) is 5.91 Å². The Kier molecular flexibility index (Phi) is 7.81. The fraction of sp³-hybridized carbons (Fsp3) is 0.231. The smallest absolute Gasteiger partial charge is 0.264 e. The van der Waals surface area contributed by atoms with Crippen LogP contribution in [0.2, 0.25) is 5.02 Å². The van der Waals surface area contributed by atoms with Crippen LogP contribution in [0.3, 0.4) is 0 Å². The number of nitrogens with one attached hydrogen (secondary N) is 1. The molecule has 4 rings (SSSR count). The summed E-state index contributed by atoms with van der Waals surface area (Å²) in [5, 5.41) is 3.05. The third-order valence-electron chi connectivity index (χ3n) is 5.86. The second-order valence-corrected chi connectivity index (χ2v) is 10.6. The predicted molar refractivity (Wildman–Crippen MR) is 139 cm³/mol. The minimum atomic E-state index is -4.14. The van der Waals surface area contributed by atoms with E-state index in [1.54, 1.807) is 47.4 Å². The molecule has 0 radical (unpaired) electrons. The summed E-state index contributed by atoms with van der Waals surface area (Å²) in [6, 6.07) is 18.9. The predicted octanol–water partition coefficient (Wildman–Crippen LogP) is 4.42. The van der Waals surface area contributed by atoms with E-state index in [2.05, 4.69) is 5.32 Å². The Morgan fingerprint density at radius 2 is 1.69 bits per heavy atom. The van der Waals surface area contributed by atoms with Crippen LogP contribution >= 0.6 is 11.6 Å². The molecule has 1 aliphatic rings. The number of amides is 2. The second kappa shape index (κ2) is 11.0. The lowest BCUT2D eigenvalue weighted by molar-refractivity contribution is -0.114. The topological polar surface area (TPSA) is 96.0 Å². The SMILES string of the molecule is COc1ccc(S(=O)(=O)N(CC(=O)Nc2ccccc2C(=O)N2CCCC2)c2cccc(Cl)c2)cc1. The van der Waals surface area contributed by atoms with Crippen molar-refractivity contribution in [1.82, 2.24) is 4.90 Å². The maximum absolute atomic E-state index is 13.6. The molecule has 0 bridgehead atoms. The zero-order valence-electron chi connectivity index (χ0n) is 19.7. The van der Waals surface area contributed by atoms with Crippen molar-refractivity contribution in [2.45, 2.75) is 17.7 Å². The van der Waals surface area contributed by atoms with Gasteiger partial charge in [-0.2, -0.15) is 0 Å². The largest absolute Gasteiger partial charge is 0.497 e. The van der Waals surface area contributed by atoms with Crippen molar-refractivity contribution in [2.75, 3.05) is 36.4 Å². The number of nitrogens with zero attached hydrogens (tertiary/aromatic N) is 2. The van der Waals surface area contributed by atoms with Crippen LogP contribution in [-0.4, -0.2) is 51.9 Å². The molecule has 1 fully saturated rings. The van der Waals surface area contributed by atoms with E-state index in [1.165, 1.54) is 37.4 Å². The number of rotatable bonds is 8. The monoisotopic (exact) mass is 527 g/mol. The van der Waals surface area contributed by atoms with Gasteiger partial charge in [0.05, 0.1) is 28.9 Å². The number of para-hydroxylation sites is 1.